The molecule has 0 bridgehead atoms. The lowest BCUT2D eigenvalue weighted by Gasteiger charge is -2.18. The number of benzene rings is 1. The molecule has 1 rings (SSSR count). The smallest absolute Gasteiger partial charge is 0.0351 e. The van der Waals surface area contributed by atoms with E-state index in [4.69, 9.17) is 0 Å². The first-order valence-corrected chi connectivity index (χ1v) is 6.48. The largest absolute Gasteiger partial charge is 0.388 e. The van der Waals surface area contributed by atoms with Crippen LogP contribution >= 0.6 is 0 Å². The lowest BCUT2D eigenvalue weighted by atomic mass is 9.87. The van der Waals surface area contributed by atoms with E-state index in [1.165, 1.54) is 5.56 Å². The van der Waals surface area contributed by atoms with E-state index in [2.05, 4.69) is 55.8 Å². The van der Waals surface area contributed by atoms with Gasteiger partial charge in [-0.2, -0.15) is 0 Å². The van der Waals surface area contributed by atoms with Crippen LogP contribution in [0.1, 0.15) is 54.0 Å². The van der Waals surface area contributed by atoms with E-state index in [0.29, 0.717) is 5.41 Å². The molecule has 0 heterocycles. The lowest BCUT2D eigenvalue weighted by molar-refractivity contribution is 0.277. The molecule has 0 aliphatic heterocycles. The Labute approximate surface area is 109 Å². The number of rotatable bonds is 0. The van der Waals surface area contributed by atoms with Crippen LogP contribution in [-0.4, -0.2) is 14.2 Å². The van der Waals surface area contributed by atoms with Gasteiger partial charge in [0, 0.05) is 14.2 Å². The van der Waals surface area contributed by atoms with Gasteiger partial charge in [0.2, 0.25) is 0 Å². The summed E-state index contributed by atoms with van der Waals surface area (Å²) in [5.74, 6) is 0. The van der Waals surface area contributed by atoms with E-state index in [-0.39, 0.29) is 0 Å². The fourth-order valence-electron chi connectivity index (χ4n) is 0.938. The van der Waals surface area contributed by atoms with Crippen LogP contribution in [0.5, 0.6) is 0 Å². The molecule has 0 unspecified atom stereocenters. The Morgan fingerprint density at radius 3 is 1.24 bits per heavy atom. The third kappa shape index (κ3) is 15.2. The Bertz CT molecular complexity index is 209. The quantitative estimate of drug-likeness (QED) is 0.598. The maximum atomic E-state index is 4.25. The van der Waals surface area contributed by atoms with Crippen LogP contribution in [0.4, 0.5) is 0 Å². The average molecular weight is 240 g/mol. The zero-order valence-corrected chi connectivity index (χ0v) is 13.3. The minimum absolute atomic E-state index is 0.293. The Balaban J connectivity index is -0.000000239. The highest BCUT2D eigenvalue weighted by Crippen LogP contribution is 2.20. The van der Waals surface area contributed by atoms with Crippen molar-refractivity contribution in [3.8, 4) is 0 Å². The summed E-state index contributed by atoms with van der Waals surface area (Å²) in [4.78, 5) is 0. The van der Waals surface area contributed by atoms with Crippen molar-refractivity contribution in [1.82, 2.24) is 0 Å². The third-order valence-corrected chi connectivity index (χ3v) is 1.64. The van der Waals surface area contributed by atoms with Gasteiger partial charge >= 0.3 is 0 Å². The first kappa shape index (κ1) is 21.5. The highest BCUT2D eigenvalue weighted by atomic mass is 16.4. The fraction of sp³-hybridized carbons (Fsp3) is 0.625. The van der Waals surface area contributed by atoms with Crippen molar-refractivity contribution in [1.29, 1.82) is 0 Å². The average Bonchev–Trinajstić information content (AvgIpc) is 2.35. The molecule has 0 atom stereocenters. The van der Waals surface area contributed by atoms with Gasteiger partial charge in [0.25, 0.3) is 0 Å². The Morgan fingerprint density at radius 2 is 1.06 bits per heavy atom. The molecule has 0 aliphatic rings. The molecule has 0 spiro atoms. The van der Waals surface area contributed by atoms with Crippen molar-refractivity contribution < 1.29 is 4.74 Å². The van der Waals surface area contributed by atoms with Gasteiger partial charge in [0.1, 0.15) is 0 Å². The number of hydrogen-bond donors (Lipinski definition) is 0. The molecule has 0 aliphatic carbocycles. The minimum Gasteiger partial charge on any atom is -0.388 e. The summed E-state index contributed by atoms with van der Waals surface area (Å²) in [5.41, 5.74) is 1.69. The molecule has 0 fully saturated rings. The second-order valence-electron chi connectivity index (χ2n) is 4.02. The maximum Gasteiger partial charge on any atom is 0.0351 e. The van der Waals surface area contributed by atoms with Gasteiger partial charge < -0.3 is 4.74 Å². The third-order valence-electron chi connectivity index (χ3n) is 1.64. The summed E-state index contributed by atoms with van der Waals surface area (Å²) in [6, 6.07) is 10.6. The normalized spacial score (nSPS) is 8.53. The standard InChI is InChI=1S/C10H14.C2H6O.2C2H6/c1-10(2,3)9-7-5-4-6-8-9;1-3-2;2*1-2/h4-8H,1-3H3;1-2H3;2*1-2H3. The summed E-state index contributed by atoms with van der Waals surface area (Å²) in [7, 11) is 3.25. The lowest BCUT2D eigenvalue weighted by Crippen LogP contribution is -2.10. The second kappa shape index (κ2) is 15.2. The maximum absolute atomic E-state index is 4.25. The molecule has 102 valence electrons. The number of methoxy groups -OCH3 is 1. The van der Waals surface area contributed by atoms with Crippen LogP contribution in [0, 0.1) is 0 Å². The topological polar surface area (TPSA) is 9.23 Å². The molecule has 0 aromatic heterocycles. The van der Waals surface area contributed by atoms with Crippen LogP contribution < -0.4 is 0 Å². The van der Waals surface area contributed by atoms with Crippen molar-refractivity contribution in [2.75, 3.05) is 14.2 Å². The van der Waals surface area contributed by atoms with E-state index in [1.807, 2.05) is 27.7 Å². The van der Waals surface area contributed by atoms with Gasteiger partial charge in [0.15, 0.2) is 0 Å². The molecule has 0 saturated heterocycles. The summed E-state index contributed by atoms with van der Waals surface area (Å²) in [6.45, 7) is 14.7. The highest BCUT2D eigenvalue weighted by molar-refractivity contribution is 5.21. The summed E-state index contributed by atoms with van der Waals surface area (Å²) in [5, 5.41) is 0. The number of ether oxygens (including phenoxy) is 1. The van der Waals surface area contributed by atoms with E-state index in [0.717, 1.165) is 0 Å². The predicted molar refractivity (Wildman–Crippen MR) is 80.8 cm³/mol. The molecule has 0 radical (unpaired) electrons. The zero-order valence-electron chi connectivity index (χ0n) is 13.3. The zero-order chi connectivity index (χ0) is 14.3. The fourth-order valence-corrected chi connectivity index (χ4v) is 0.938. The van der Waals surface area contributed by atoms with Crippen LogP contribution in [0.3, 0.4) is 0 Å². The monoisotopic (exact) mass is 240 g/mol. The first-order valence-electron chi connectivity index (χ1n) is 6.48. The van der Waals surface area contributed by atoms with Crippen LogP contribution in [0.2, 0.25) is 0 Å². The van der Waals surface area contributed by atoms with E-state index < -0.39 is 0 Å². The van der Waals surface area contributed by atoms with Gasteiger partial charge in [0.05, 0.1) is 0 Å². The molecule has 1 nitrogen and oxygen atoms in total. The van der Waals surface area contributed by atoms with Crippen LogP contribution in [0.15, 0.2) is 30.3 Å². The molecule has 0 amide bonds. The van der Waals surface area contributed by atoms with E-state index >= 15 is 0 Å². The molecule has 0 N–H and O–H groups in total. The molecule has 17 heavy (non-hydrogen) atoms. The Morgan fingerprint density at radius 1 is 0.765 bits per heavy atom. The summed E-state index contributed by atoms with van der Waals surface area (Å²) >= 11 is 0. The molecule has 1 aromatic rings. The van der Waals surface area contributed by atoms with Crippen molar-refractivity contribution in [3.05, 3.63) is 35.9 Å². The van der Waals surface area contributed by atoms with Gasteiger partial charge in [-0.25, -0.2) is 0 Å². The van der Waals surface area contributed by atoms with Crippen molar-refractivity contribution in [3.63, 3.8) is 0 Å². The SMILES string of the molecule is CC.CC.CC(C)(C)c1ccccc1.COC. The first-order chi connectivity index (χ1) is 8.02. The molecular formula is C16H32O. The van der Waals surface area contributed by atoms with Crippen molar-refractivity contribution >= 4 is 0 Å². The van der Waals surface area contributed by atoms with Gasteiger partial charge in [-0.3, -0.25) is 0 Å². The van der Waals surface area contributed by atoms with Gasteiger partial charge in [-0.15, -0.1) is 0 Å². The highest BCUT2D eigenvalue weighted by Gasteiger charge is 2.11. The predicted octanol–water partition coefficient (Wildman–Crippen LogP) is 5.30. The van der Waals surface area contributed by atoms with Crippen LogP contribution in [-0.2, 0) is 10.2 Å². The Hall–Kier alpha value is -0.820. The second-order valence-corrected chi connectivity index (χ2v) is 4.02. The van der Waals surface area contributed by atoms with Crippen LogP contribution in [0.25, 0.3) is 0 Å². The van der Waals surface area contributed by atoms with Crippen molar-refractivity contribution in [2.24, 2.45) is 0 Å². The molecule has 1 aromatic carbocycles. The van der Waals surface area contributed by atoms with Crippen molar-refractivity contribution in [2.45, 2.75) is 53.9 Å². The van der Waals surface area contributed by atoms with E-state index in [9.17, 15) is 0 Å². The molecule has 1 heteroatoms. The summed E-state index contributed by atoms with van der Waals surface area (Å²) in [6.07, 6.45) is 0. The molecular weight excluding hydrogens is 208 g/mol. The summed E-state index contributed by atoms with van der Waals surface area (Å²) < 4.78 is 4.25. The van der Waals surface area contributed by atoms with E-state index in [1.54, 1.807) is 14.2 Å². The minimum atomic E-state index is 0.293. The van der Waals surface area contributed by atoms with Gasteiger partial charge in [-0.1, -0.05) is 78.8 Å². The number of hydrogen-bond acceptors (Lipinski definition) is 1. The Kier molecular flexibility index (Phi) is 19.2. The molecule has 0 saturated carbocycles. The van der Waals surface area contributed by atoms with Gasteiger partial charge in [-0.05, 0) is 11.0 Å².